The molecule has 148 valence electrons. The van der Waals surface area contributed by atoms with Crippen LogP contribution in [0, 0.1) is 5.82 Å². The number of halogens is 2. The average molecular weight is 400 g/mol. The number of carbonyl (C=O) groups is 3. The number of hydrogen-bond acceptors (Lipinski definition) is 5. The summed E-state index contributed by atoms with van der Waals surface area (Å²) in [7, 11) is 0. The fourth-order valence-corrected chi connectivity index (χ4v) is 3.07. The first-order valence-electron chi connectivity index (χ1n) is 8.79. The van der Waals surface area contributed by atoms with Crippen molar-refractivity contribution in [3.05, 3.63) is 34.6 Å². The van der Waals surface area contributed by atoms with Crippen molar-refractivity contribution in [2.75, 3.05) is 26.2 Å². The number of rotatable bonds is 8. The summed E-state index contributed by atoms with van der Waals surface area (Å²) < 4.78 is 18.8. The lowest BCUT2D eigenvalue weighted by Crippen LogP contribution is -2.56. The molecule has 9 heteroatoms. The summed E-state index contributed by atoms with van der Waals surface area (Å²) >= 11 is 6.07. The predicted octanol–water partition coefficient (Wildman–Crippen LogP) is 1.24. The first-order chi connectivity index (χ1) is 12.9. The van der Waals surface area contributed by atoms with Crippen LogP contribution in [0.4, 0.5) is 4.39 Å². The van der Waals surface area contributed by atoms with Crippen LogP contribution in [0.2, 0.25) is 5.02 Å². The maximum Gasteiger partial charge on any atom is 0.307 e. The van der Waals surface area contributed by atoms with Gasteiger partial charge in [-0.1, -0.05) is 17.7 Å². The zero-order valence-electron chi connectivity index (χ0n) is 15.1. The molecule has 27 heavy (non-hydrogen) atoms. The molecule has 1 fully saturated rings. The summed E-state index contributed by atoms with van der Waals surface area (Å²) in [6, 6.07) is 3.67. The number of benzene rings is 1. The van der Waals surface area contributed by atoms with Gasteiger partial charge in [-0.25, -0.2) is 4.39 Å². The van der Waals surface area contributed by atoms with Gasteiger partial charge in [0.15, 0.2) is 0 Å². The van der Waals surface area contributed by atoms with E-state index in [0.717, 1.165) is 0 Å². The van der Waals surface area contributed by atoms with Crippen LogP contribution in [0.1, 0.15) is 25.3 Å². The number of esters is 1. The topological polar surface area (TPSA) is 87.7 Å². The molecule has 0 bridgehead atoms. The van der Waals surface area contributed by atoms with Crippen LogP contribution < -0.4 is 10.6 Å². The Morgan fingerprint density at radius 2 is 2.22 bits per heavy atom. The molecule has 0 aliphatic carbocycles. The van der Waals surface area contributed by atoms with Crippen molar-refractivity contribution in [2.45, 2.75) is 32.4 Å². The molecule has 1 aromatic carbocycles. The lowest BCUT2D eigenvalue weighted by Gasteiger charge is -2.35. The van der Waals surface area contributed by atoms with E-state index in [1.165, 1.54) is 12.1 Å². The quantitative estimate of drug-likeness (QED) is 0.642. The predicted molar refractivity (Wildman–Crippen MR) is 97.5 cm³/mol. The summed E-state index contributed by atoms with van der Waals surface area (Å²) in [5.74, 6) is -1.52. The molecule has 1 heterocycles. The highest BCUT2D eigenvalue weighted by Gasteiger charge is 2.32. The minimum atomic E-state index is -0.739. The molecule has 1 aliphatic heterocycles. The van der Waals surface area contributed by atoms with Crippen molar-refractivity contribution in [3.63, 3.8) is 0 Å². The Kier molecular flexibility index (Phi) is 7.99. The van der Waals surface area contributed by atoms with Crippen LogP contribution in [0.25, 0.3) is 0 Å². The molecule has 1 aromatic rings. The first kappa shape index (κ1) is 21.1. The maximum atomic E-state index is 14.1. The Balaban J connectivity index is 1.96. The van der Waals surface area contributed by atoms with Crippen LogP contribution in [-0.2, 0) is 25.7 Å². The summed E-state index contributed by atoms with van der Waals surface area (Å²) in [6.45, 7) is 3.12. The standard InChI is InChI=1S/C18H23ClFN3O4/c1-2-27-17(25)6-7-21-16(24)10-15-18(26)22-8-9-23(15)11-12-13(19)4-3-5-14(12)20/h3-5,15H,2,6-11H2,1H3,(H,21,24)(H,22,26)/t15-/m1/s1. The minimum absolute atomic E-state index is 0.0605. The molecule has 7 nitrogen and oxygen atoms in total. The normalized spacial score (nSPS) is 17.3. The van der Waals surface area contributed by atoms with Crippen molar-refractivity contribution in [1.29, 1.82) is 0 Å². The molecule has 2 N–H and O–H groups in total. The Morgan fingerprint density at radius 1 is 1.44 bits per heavy atom. The summed E-state index contributed by atoms with van der Waals surface area (Å²) in [5, 5.41) is 5.59. The second-order valence-electron chi connectivity index (χ2n) is 6.09. The van der Waals surface area contributed by atoms with Crippen molar-refractivity contribution in [1.82, 2.24) is 15.5 Å². The molecular formula is C18H23ClFN3O4. The van der Waals surface area contributed by atoms with E-state index >= 15 is 0 Å². The average Bonchev–Trinajstić information content (AvgIpc) is 2.61. The summed E-state index contributed by atoms with van der Waals surface area (Å²) in [6.07, 6.45) is -0.0360. The Morgan fingerprint density at radius 3 is 2.93 bits per heavy atom. The SMILES string of the molecule is CCOC(=O)CCNC(=O)C[C@@H]1C(=O)NCCN1Cc1c(F)cccc1Cl. The highest BCUT2D eigenvalue weighted by molar-refractivity contribution is 6.31. The number of carbonyl (C=O) groups excluding carboxylic acids is 3. The third kappa shape index (κ3) is 6.18. The third-order valence-electron chi connectivity index (χ3n) is 4.20. The maximum absolute atomic E-state index is 14.1. The molecule has 0 aromatic heterocycles. The first-order valence-corrected chi connectivity index (χ1v) is 9.17. The van der Waals surface area contributed by atoms with Crippen LogP contribution in [0.15, 0.2) is 18.2 Å². The van der Waals surface area contributed by atoms with Crippen LogP contribution in [0.5, 0.6) is 0 Å². The number of nitrogens with one attached hydrogen (secondary N) is 2. The summed E-state index contributed by atoms with van der Waals surface area (Å²) in [4.78, 5) is 37.4. The van der Waals surface area contributed by atoms with Gasteiger partial charge in [0.1, 0.15) is 5.82 Å². The van der Waals surface area contributed by atoms with Gasteiger partial charge in [0.2, 0.25) is 11.8 Å². The Hall–Kier alpha value is -2.19. The molecule has 2 rings (SSSR count). The number of amides is 2. The van der Waals surface area contributed by atoms with Crippen molar-refractivity contribution >= 4 is 29.4 Å². The van der Waals surface area contributed by atoms with E-state index in [-0.39, 0.29) is 49.4 Å². The van der Waals surface area contributed by atoms with E-state index in [0.29, 0.717) is 18.7 Å². The van der Waals surface area contributed by atoms with Crippen molar-refractivity contribution < 1.29 is 23.5 Å². The van der Waals surface area contributed by atoms with Crippen molar-refractivity contribution in [2.24, 2.45) is 0 Å². The zero-order valence-corrected chi connectivity index (χ0v) is 15.9. The molecule has 0 radical (unpaired) electrons. The van der Waals surface area contributed by atoms with Crippen LogP contribution in [-0.4, -0.2) is 55.0 Å². The Labute approximate surface area is 162 Å². The molecule has 0 saturated carbocycles. The lowest BCUT2D eigenvalue weighted by molar-refractivity contribution is -0.143. The van der Waals surface area contributed by atoms with Gasteiger partial charge >= 0.3 is 5.97 Å². The third-order valence-corrected chi connectivity index (χ3v) is 4.55. The van der Waals surface area contributed by atoms with E-state index in [9.17, 15) is 18.8 Å². The number of nitrogens with zero attached hydrogens (tertiary/aromatic N) is 1. The molecule has 1 saturated heterocycles. The Bertz CT molecular complexity index is 681. The van der Waals surface area contributed by atoms with Gasteiger partial charge < -0.3 is 15.4 Å². The van der Waals surface area contributed by atoms with Gasteiger partial charge in [-0.15, -0.1) is 0 Å². The second kappa shape index (κ2) is 10.2. The molecule has 1 atom stereocenters. The summed E-state index contributed by atoms with van der Waals surface area (Å²) in [5.41, 5.74) is 0.293. The van der Waals surface area contributed by atoms with E-state index in [1.54, 1.807) is 17.9 Å². The lowest BCUT2D eigenvalue weighted by atomic mass is 10.1. The van der Waals surface area contributed by atoms with Gasteiger partial charge in [-0.2, -0.15) is 0 Å². The highest BCUT2D eigenvalue weighted by atomic mass is 35.5. The van der Waals surface area contributed by atoms with Gasteiger partial charge in [0.05, 0.1) is 25.5 Å². The molecule has 0 unspecified atom stereocenters. The smallest absolute Gasteiger partial charge is 0.307 e. The van der Waals surface area contributed by atoms with E-state index in [2.05, 4.69) is 10.6 Å². The molecular weight excluding hydrogens is 377 g/mol. The molecule has 1 aliphatic rings. The van der Waals surface area contributed by atoms with Crippen LogP contribution >= 0.6 is 11.6 Å². The second-order valence-corrected chi connectivity index (χ2v) is 6.49. The number of piperazine rings is 1. The van der Waals surface area contributed by atoms with E-state index in [1.807, 2.05) is 0 Å². The van der Waals surface area contributed by atoms with Gasteiger partial charge in [-0.05, 0) is 19.1 Å². The zero-order chi connectivity index (χ0) is 19.8. The van der Waals surface area contributed by atoms with Crippen molar-refractivity contribution in [3.8, 4) is 0 Å². The number of ether oxygens (including phenoxy) is 1. The van der Waals surface area contributed by atoms with E-state index in [4.69, 9.17) is 16.3 Å². The molecule has 2 amide bonds. The molecule has 0 spiro atoms. The monoisotopic (exact) mass is 399 g/mol. The highest BCUT2D eigenvalue weighted by Crippen LogP contribution is 2.23. The van der Waals surface area contributed by atoms with Gasteiger partial charge in [0, 0.05) is 36.8 Å². The minimum Gasteiger partial charge on any atom is -0.466 e. The fraction of sp³-hybridized carbons (Fsp3) is 0.500. The van der Waals surface area contributed by atoms with E-state index < -0.39 is 17.8 Å². The largest absolute Gasteiger partial charge is 0.466 e. The van der Waals surface area contributed by atoms with Gasteiger partial charge in [0.25, 0.3) is 0 Å². The fourth-order valence-electron chi connectivity index (χ4n) is 2.84. The number of hydrogen-bond donors (Lipinski definition) is 2. The van der Waals surface area contributed by atoms with Crippen LogP contribution in [0.3, 0.4) is 0 Å². The van der Waals surface area contributed by atoms with Gasteiger partial charge in [-0.3, -0.25) is 19.3 Å².